The zero-order chi connectivity index (χ0) is 13.3. The van der Waals surface area contributed by atoms with Gasteiger partial charge in [0.05, 0.1) is 17.1 Å². The number of hydrogen-bond acceptors (Lipinski definition) is 2. The van der Waals surface area contributed by atoms with Crippen LogP contribution in [0.2, 0.25) is 5.02 Å². The second-order valence-corrected chi connectivity index (χ2v) is 4.65. The zero-order valence-electron chi connectivity index (χ0n) is 10.2. The maximum atomic E-state index is 13.8. The van der Waals surface area contributed by atoms with Crippen molar-refractivity contribution in [1.82, 2.24) is 0 Å². The van der Waals surface area contributed by atoms with E-state index in [1.165, 1.54) is 12.1 Å². The van der Waals surface area contributed by atoms with E-state index in [9.17, 15) is 4.39 Å². The molecule has 0 spiro atoms. The van der Waals surface area contributed by atoms with Crippen molar-refractivity contribution >= 4 is 28.7 Å². The fraction of sp³-hybridized carbons (Fsp3) is 0.143. The Morgan fingerprint density at radius 2 is 1.83 bits per heavy atom. The van der Waals surface area contributed by atoms with E-state index in [2.05, 4.69) is 0 Å². The lowest BCUT2D eigenvalue weighted by Gasteiger charge is -2.22. The van der Waals surface area contributed by atoms with Gasteiger partial charge in [0, 0.05) is 12.1 Å². The highest BCUT2D eigenvalue weighted by molar-refractivity contribution is 6.30. The van der Waals surface area contributed by atoms with Gasteiger partial charge in [-0.25, -0.2) is 4.39 Å². The van der Waals surface area contributed by atoms with Gasteiger partial charge in [-0.15, -0.1) is 0 Å². The fourth-order valence-corrected chi connectivity index (χ4v) is 1.98. The Kier molecular flexibility index (Phi) is 3.43. The van der Waals surface area contributed by atoms with Gasteiger partial charge in [0.1, 0.15) is 5.82 Å². The van der Waals surface area contributed by atoms with E-state index in [1.807, 2.05) is 25.1 Å². The summed E-state index contributed by atoms with van der Waals surface area (Å²) < 4.78 is 13.8. The number of rotatable bonds is 2. The molecule has 0 atom stereocenters. The van der Waals surface area contributed by atoms with E-state index in [4.69, 9.17) is 17.3 Å². The summed E-state index contributed by atoms with van der Waals surface area (Å²) in [6.07, 6.45) is 0. The van der Waals surface area contributed by atoms with Gasteiger partial charge in [0.15, 0.2) is 0 Å². The average Bonchev–Trinajstić information content (AvgIpc) is 2.34. The molecule has 0 aliphatic rings. The smallest absolute Gasteiger partial charge is 0.146 e. The molecule has 0 heterocycles. The summed E-state index contributed by atoms with van der Waals surface area (Å²) in [5, 5.41) is 0.490. The van der Waals surface area contributed by atoms with E-state index in [0.29, 0.717) is 16.4 Å². The second kappa shape index (κ2) is 4.86. The SMILES string of the molecule is Cc1ccc(N)c(N(C)c2cc(Cl)ccc2F)c1. The molecule has 0 amide bonds. The normalized spacial score (nSPS) is 10.4. The monoisotopic (exact) mass is 264 g/mol. The number of nitrogens with two attached hydrogens (primary N) is 1. The average molecular weight is 265 g/mol. The van der Waals surface area contributed by atoms with Gasteiger partial charge < -0.3 is 10.6 Å². The first-order valence-corrected chi connectivity index (χ1v) is 5.92. The van der Waals surface area contributed by atoms with Gasteiger partial charge in [-0.2, -0.15) is 0 Å². The van der Waals surface area contributed by atoms with Crippen LogP contribution in [0.25, 0.3) is 0 Å². The highest BCUT2D eigenvalue weighted by atomic mass is 35.5. The first-order chi connectivity index (χ1) is 8.49. The minimum Gasteiger partial charge on any atom is -0.397 e. The fourth-order valence-electron chi connectivity index (χ4n) is 1.82. The third-order valence-electron chi connectivity index (χ3n) is 2.82. The quantitative estimate of drug-likeness (QED) is 0.826. The Morgan fingerprint density at radius 3 is 2.56 bits per heavy atom. The standard InChI is InChI=1S/C14H14ClFN2/c1-9-3-6-12(17)14(7-9)18(2)13-8-10(15)4-5-11(13)16/h3-8H,17H2,1-2H3. The van der Waals surface area contributed by atoms with Crippen molar-refractivity contribution in [2.24, 2.45) is 0 Å². The summed E-state index contributed by atoms with van der Waals surface area (Å²) in [5.41, 5.74) is 8.74. The molecule has 0 bridgehead atoms. The van der Waals surface area contributed by atoms with Crippen LogP contribution in [0, 0.1) is 12.7 Å². The molecule has 0 saturated heterocycles. The van der Waals surface area contributed by atoms with Crippen molar-refractivity contribution in [3.05, 3.63) is 52.8 Å². The Balaban J connectivity index is 2.50. The zero-order valence-corrected chi connectivity index (χ0v) is 11.0. The number of halogens is 2. The first kappa shape index (κ1) is 12.7. The van der Waals surface area contributed by atoms with Crippen molar-refractivity contribution in [2.45, 2.75) is 6.92 Å². The molecule has 0 aliphatic heterocycles. The van der Waals surface area contributed by atoms with Gasteiger partial charge >= 0.3 is 0 Å². The van der Waals surface area contributed by atoms with E-state index < -0.39 is 0 Å². The van der Waals surface area contributed by atoms with Crippen LogP contribution in [-0.4, -0.2) is 7.05 Å². The van der Waals surface area contributed by atoms with Gasteiger partial charge in [0.2, 0.25) is 0 Å². The van der Waals surface area contributed by atoms with Gasteiger partial charge in [0.25, 0.3) is 0 Å². The van der Waals surface area contributed by atoms with Crippen molar-refractivity contribution in [2.75, 3.05) is 17.7 Å². The Morgan fingerprint density at radius 1 is 1.11 bits per heavy atom. The maximum Gasteiger partial charge on any atom is 0.146 e. The second-order valence-electron chi connectivity index (χ2n) is 4.22. The minimum atomic E-state index is -0.331. The number of nitrogens with zero attached hydrogens (tertiary/aromatic N) is 1. The van der Waals surface area contributed by atoms with Crippen molar-refractivity contribution in [3.8, 4) is 0 Å². The van der Waals surface area contributed by atoms with Crippen molar-refractivity contribution in [3.63, 3.8) is 0 Å². The van der Waals surface area contributed by atoms with Crippen LogP contribution in [0.15, 0.2) is 36.4 Å². The number of anilines is 3. The van der Waals surface area contributed by atoms with Crippen LogP contribution in [0.4, 0.5) is 21.5 Å². The van der Waals surface area contributed by atoms with Gasteiger partial charge in [-0.1, -0.05) is 17.7 Å². The summed E-state index contributed by atoms with van der Waals surface area (Å²) in [7, 11) is 1.76. The molecular formula is C14H14ClFN2. The van der Waals surface area contributed by atoms with Crippen LogP contribution >= 0.6 is 11.6 Å². The molecule has 94 valence electrons. The van der Waals surface area contributed by atoms with Gasteiger partial charge in [-0.05, 0) is 42.8 Å². The molecule has 2 aromatic carbocycles. The molecule has 0 unspecified atom stereocenters. The van der Waals surface area contributed by atoms with E-state index in [0.717, 1.165) is 11.3 Å². The van der Waals surface area contributed by atoms with E-state index in [-0.39, 0.29) is 5.82 Å². The number of benzene rings is 2. The predicted molar refractivity (Wildman–Crippen MR) is 75.1 cm³/mol. The Bertz CT molecular complexity index is 533. The molecule has 0 radical (unpaired) electrons. The van der Waals surface area contributed by atoms with Crippen molar-refractivity contribution in [1.29, 1.82) is 0 Å². The first-order valence-electron chi connectivity index (χ1n) is 5.54. The lowest BCUT2D eigenvalue weighted by atomic mass is 10.1. The van der Waals surface area contributed by atoms with Crippen LogP contribution in [0.5, 0.6) is 0 Å². The molecule has 18 heavy (non-hydrogen) atoms. The minimum absolute atomic E-state index is 0.331. The van der Waals surface area contributed by atoms with Crippen LogP contribution < -0.4 is 10.6 Å². The molecule has 0 fully saturated rings. The Labute approximate surface area is 111 Å². The van der Waals surface area contributed by atoms with E-state index >= 15 is 0 Å². The summed E-state index contributed by atoms with van der Waals surface area (Å²) in [4.78, 5) is 1.70. The van der Waals surface area contributed by atoms with Crippen LogP contribution in [-0.2, 0) is 0 Å². The number of nitrogen functional groups attached to an aromatic ring is 1. The lowest BCUT2D eigenvalue weighted by molar-refractivity contribution is 0.627. The number of aryl methyl sites for hydroxylation is 1. The summed E-state index contributed by atoms with van der Waals surface area (Å²) in [6.45, 7) is 1.96. The summed E-state index contributed by atoms with van der Waals surface area (Å²) in [5.74, 6) is -0.331. The van der Waals surface area contributed by atoms with E-state index in [1.54, 1.807) is 18.0 Å². The van der Waals surface area contributed by atoms with Gasteiger partial charge in [-0.3, -0.25) is 0 Å². The van der Waals surface area contributed by atoms with Crippen molar-refractivity contribution < 1.29 is 4.39 Å². The maximum absolute atomic E-state index is 13.8. The predicted octanol–water partition coefficient (Wildman–Crippen LogP) is 4.14. The molecule has 0 saturated carbocycles. The summed E-state index contributed by atoms with van der Waals surface area (Å²) in [6, 6.07) is 10.1. The molecule has 0 aromatic heterocycles. The largest absolute Gasteiger partial charge is 0.397 e. The third-order valence-corrected chi connectivity index (χ3v) is 3.05. The highest BCUT2D eigenvalue weighted by Gasteiger charge is 2.12. The lowest BCUT2D eigenvalue weighted by Crippen LogP contribution is -2.13. The molecular weight excluding hydrogens is 251 g/mol. The molecule has 0 aliphatic carbocycles. The van der Waals surface area contributed by atoms with Crippen LogP contribution in [0.3, 0.4) is 0 Å². The third kappa shape index (κ3) is 2.41. The number of hydrogen-bond donors (Lipinski definition) is 1. The molecule has 2 aromatic rings. The molecule has 2 N–H and O–H groups in total. The molecule has 2 rings (SSSR count). The molecule has 2 nitrogen and oxygen atoms in total. The highest BCUT2D eigenvalue weighted by Crippen LogP contribution is 2.32. The summed E-state index contributed by atoms with van der Waals surface area (Å²) >= 11 is 5.89. The van der Waals surface area contributed by atoms with Crippen LogP contribution in [0.1, 0.15) is 5.56 Å². The molecule has 4 heteroatoms. The Hall–Kier alpha value is -1.74. The topological polar surface area (TPSA) is 29.3 Å².